The van der Waals surface area contributed by atoms with Crippen LogP contribution in [0.4, 0.5) is 18.9 Å². The Hall–Kier alpha value is -3.74. The highest BCUT2D eigenvalue weighted by atomic mass is 19.4. The van der Waals surface area contributed by atoms with E-state index in [0.717, 1.165) is 0 Å². The van der Waals surface area contributed by atoms with E-state index in [1.165, 1.54) is 18.2 Å². The zero-order valence-electron chi connectivity index (χ0n) is 18.3. The van der Waals surface area contributed by atoms with E-state index < -0.39 is 18.7 Å². The summed E-state index contributed by atoms with van der Waals surface area (Å²) in [6.07, 6.45) is -3.09. The molecule has 0 aromatic heterocycles. The summed E-state index contributed by atoms with van der Waals surface area (Å²) < 4.78 is 47.3. The van der Waals surface area contributed by atoms with E-state index in [-0.39, 0.29) is 48.4 Å². The van der Waals surface area contributed by atoms with Gasteiger partial charge < -0.3 is 19.7 Å². The molecule has 7 nitrogen and oxygen atoms in total. The van der Waals surface area contributed by atoms with Crippen molar-refractivity contribution < 1.29 is 32.2 Å². The summed E-state index contributed by atoms with van der Waals surface area (Å²) in [5, 5.41) is 11.9. The lowest BCUT2D eigenvalue weighted by Crippen LogP contribution is -2.44. The number of hydrogen-bond donors (Lipinski definition) is 1. The van der Waals surface area contributed by atoms with Crippen LogP contribution in [0.1, 0.15) is 24.8 Å². The van der Waals surface area contributed by atoms with Gasteiger partial charge in [0, 0.05) is 18.8 Å². The molecule has 1 N–H and O–H groups in total. The number of benzene rings is 2. The van der Waals surface area contributed by atoms with E-state index >= 15 is 0 Å². The largest absolute Gasteiger partial charge is 0.493 e. The van der Waals surface area contributed by atoms with Crippen molar-refractivity contribution in [2.24, 2.45) is 5.92 Å². The zero-order valence-corrected chi connectivity index (χ0v) is 18.3. The number of nitriles is 1. The lowest BCUT2D eigenvalue weighted by atomic mass is 9.96. The van der Waals surface area contributed by atoms with Gasteiger partial charge in [-0.15, -0.1) is 0 Å². The summed E-state index contributed by atoms with van der Waals surface area (Å²) in [4.78, 5) is 26.9. The molecule has 0 bridgehead atoms. The Morgan fingerprint density at radius 2 is 1.91 bits per heavy atom. The Balaban J connectivity index is 1.52. The number of piperidine rings is 1. The van der Waals surface area contributed by atoms with Gasteiger partial charge in [0.05, 0.1) is 24.5 Å². The van der Waals surface area contributed by atoms with Gasteiger partial charge in [-0.05, 0) is 43.2 Å². The Kier molecular flexibility index (Phi) is 8.35. The number of carbonyl (C=O) groups excluding carboxylic acids is 2. The van der Waals surface area contributed by atoms with Gasteiger partial charge >= 0.3 is 6.18 Å². The fraction of sp³-hybridized carbons (Fsp3) is 0.375. The summed E-state index contributed by atoms with van der Waals surface area (Å²) in [6, 6.07) is 14.8. The van der Waals surface area contributed by atoms with Crippen molar-refractivity contribution in [2.45, 2.75) is 25.4 Å². The van der Waals surface area contributed by atoms with Crippen LogP contribution < -0.4 is 14.8 Å². The van der Waals surface area contributed by atoms with Gasteiger partial charge in [0.2, 0.25) is 11.8 Å². The Labute approximate surface area is 195 Å². The first-order valence-electron chi connectivity index (χ1n) is 10.8. The molecule has 1 unspecified atom stereocenters. The number of carbonyl (C=O) groups is 2. The first-order valence-corrected chi connectivity index (χ1v) is 10.8. The molecule has 1 heterocycles. The maximum Gasteiger partial charge on any atom is 0.422 e. The van der Waals surface area contributed by atoms with Crippen molar-refractivity contribution >= 4 is 17.5 Å². The second-order valence-electron chi connectivity index (χ2n) is 7.81. The number of nitrogens with one attached hydrogen (secondary N) is 1. The van der Waals surface area contributed by atoms with E-state index in [4.69, 9.17) is 4.74 Å². The molecule has 0 saturated carbocycles. The SMILES string of the molecule is N#Cc1cc(NC(=O)C2CCCN(C(=O)CCOc3ccccc3)C2)ccc1OCC(F)(F)F. The van der Waals surface area contributed by atoms with Crippen molar-refractivity contribution in [3.05, 3.63) is 54.1 Å². The van der Waals surface area contributed by atoms with Gasteiger partial charge in [-0.25, -0.2) is 0 Å². The lowest BCUT2D eigenvalue weighted by Gasteiger charge is -2.32. The number of anilines is 1. The molecule has 1 aliphatic rings. The fourth-order valence-electron chi connectivity index (χ4n) is 3.57. The van der Waals surface area contributed by atoms with E-state index in [2.05, 4.69) is 10.1 Å². The number of nitrogens with zero attached hydrogens (tertiary/aromatic N) is 2. The van der Waals surface area contributed by atoms with E-state index in [1.807, 2.05) is 18.2 Å². The molecule has 2 aromatic carbocycles. The number of likely N-dealkylation sites (tertiary alicyclic amines) is 1. The first kappa shape index (κ1) is 24.9. The highest BCUT2D eigenvalue weighted by Gasteiger charge is 2.30. The van der Waals surface area contributed by atoms with Crippen LogP contribution in [0.25, 0.3) is 0 Å². The molecule has 2 amide bonds. The minimum atomic E-state index is -4.53. The molecule has 34 heavy (non-hydrogen) atoms. The van der Waals surface area contributed by atoms with Crippen molar-refractivity contribution in [1.29, 1.82) is 5.26 Å². The number of rotatable bonds is 8. The average Bonchev–Trinajstić information content (AvgIpc) is 2.83. The predicted molar refractivity (Wildman–Crippen MR) is 117 cm³/mol. The molecule has 1 saturated heterocycles. The molecule has 0 aliphatic carbocycles. The molecule has 3 rings (SSSR count). The lowest BCUT2D eigenvalue weighted by molar-refractivity contribution is -0.153. The Morgan fingerprint density at radius 3 is 2.62 bits per heavy atom. The topological polar surface area (TPSA) is 91.7 Å². The minimum Gasteiger partial charge on any atom is -0.493 e. The van der Waals surface area contributed by atoms with Gasteiger partial charge in [-0.3, -0.25) is 9.59 Å². The molecule has 2 aromatic rings. The minimum absolute atomic E-state index is 0.105. The average molecular weight is 475 g/mol. The molecule has 10 heteroatoms. The molecular weight excluding hydrogens is 451 g/mol. The third kappa shape index (κ3) is 7.40. The first-order chi connectivity index (χ1) is 16.2. The molecule has 1 aliphatic heterocycles. The fourth-order valence-corrected chi connectivity index (χ4v) is 3.57. The summed E-state index contributed by atoms with van der Waals surface area (Å²) in [7, 11) is 0. The standard InChI is InChI=1S/C24H24F3N3O4/c25-24(26,27)16-34-21-9-8-19(13-18(21)14-28)29-23(32)17-5-4-11-30(15-17)22(31)10-12-33-20-6-2-1-3-7-20/h1-3,6-9,13,17H,4-5,10-12,15-16H2,(H,29,32). The van der Waals surface area contributed by atoms with Crippen LogP contribution >= 0.6 is 0 Å². The van der Waals surface area contributed by atoms with Gasteiger partial charge in [0.15, 0.2) is 6.61 Å². The highest BCUT2D eigenvalue weighted by molar-refractivity contribution is 5.93. The Morgan fingerprint density at radius 1 is 1.15 bits per heavy atom. The molecule has 0 radical (unpaired) electrons. The number of alkyl halides is 3. The smallest absolute Gasteiger partial charge is 0.422 e. The van der Waals surface area contributed by atoms with Crippen LogP contribution in [0.15, 0.2) is 48.5 Å². The highest BCUT2D eigenvalue weighted by Crippen LogP contribution is 2.26. The van der Waals surface area contributed by atoms with Crippen LogP contribution in [0.5, 0.6) is 11.5 Å². The van der Waals surface area contributed by atoms with Crippen molar-refractivity contribution in [3.63, 3.8) is 0 Å². The van der Waals surface area contributed by atoms with Crippen LogP contribution in [-0.4, -0.2) is 49.2 Å². The van der Waals surface area contributed by atoms with Crippen molar-refractivity contribution in [1.82, 2.24) is 4.90 Å². The summed E-state index contributed by atoms with van der Waals surface area (Å²) in [6.45, 7) is -0.475. The van der Waals surface area contributed by atoms with Gasteiger partial charge in [-0.1, -0.05) is 18.2 Å². The second kappa shape index (κ2) is 11.4. The van der Waals surface area contributed by atoms with Crippen LogP contribution in [-0.2, 0) is 9.59 Å². The van der Waals surface area contributed by atoms with Gasteiger partial charge in [0.1, 0.15) is 17.6 Å². The molecule has 1 atom stereocenters. The third-order valence-electron chi connectivity index (χ3n) is 5.23. The van der Waals surface area contributed by atoms with E-state index in [1.54, 1.807) is 23.1 Å². The maximum absolute atomic E-state index is 12.7. The van der Waals surface area contributed by atoms with Crippen LogP contribution in [0.3, 0.4) is 0 Å². The second-order valence-corrected chi connectivity index (χ2v) is 7.81. The van der Waals surface area contributed by atoms with E-state index in [9.17, 15) is 28.0 Å². The zero-order chi connectivity index (χ0) is 24.6. The monoisotopic (exact) mass is 475 g/mol. The quantitative estimate of drug-likeness (QED) is 0.620. The third-order valence-corrected chi connectivity index (χ3v) is 5.23. The normalized spacial score (nSPS) is 15.8. The summed E-state index contributed by atoms with van der Waals surface area (Å²) >= 11 is 0. The number of ether oxygens (including phenoxy) is 2. The van der Waals surface area contributed by atoms with Gasteiger partial charge in [0.25, 0.3) is 0 Å². The van der Waals surface area contributed by atoms with Crippen molar-refractivity contribution in [2.75, 3.05) is 31.6 Å². The molecular formula is C24H24F3N3O4. The van der Waals surface area contributed by atoms with Gasteiger partial charge in [-0.2, -0.15) is 18.4 Å². The number of para-hydroxylation sites is 1. The number of hydrogen-bond acceptors (Lipinski definition) is 5. The summed E-state index contributed by atoms with van der Waals surface area (Å²) in [5.74, 6) is -0.417. The molecule has 180 valence electrons. The Bertz CT molecular complexity index is 1040. The van der Waals surface area contributed by atoms with Crippen molar-refractivity contribution in [3.8, 4) is 17.6 Å². The predicted octanol–water partition coefficient (Wildman–Crippen LogP) is 4.15. The van der Waals surface area contributed by atoms with Crippen LogP contribution in [0.2, 0.25) is 0 Å². The number of halogens is 3. The molecule has 0 spiro atoms. The summed E-state index contributed by atoms with van der Waals surface area (Å²) in [5.41, 5.74) is 0.140. The molecule has 1 fully saturated rings. The van der Waals surface area contributed by atoms with Crippen LogP contribution in [0, 0.1) is 17.2 Å². The maximum atomic E-state index is 12.7. The number of amides is 2. The van der Waals surface area contributed by atoms with E-state index in [0.29, 0.717) is 25.1 Å².